The van der Waals surface area contributed by atoms with Gasteiger partial charge in [0.05, 0.1) is 30.9 Å². The maximum Gasteiger partial charge on any atom is 0.318 e. The molecular formula is C17H23N3O2. The Labute approximate surface area is 131 Å². The zero-order valence-corrected chi connectivity index (χ0v) is 13.2. The summed E-state index contributed by atoms with van der Waals surface area (Å²) in [6.07, 6.45) is 1.08. The molecule has 1 heterocycles. The summed E-state index contributed by atoms with van der Waals surface area (Å²) in [4.78, 5) is 14.4. The highest BCUT2D eigenvalue weighted by Gasteiger charge is 2.28. The third-order valence-corrected chi connectivity index (χ3v) is 3.91. The third-order valence-electron chi connectivity index (χ3n) is 3.91. The van der Waals surface area contributed by atoms with Gasteiger partial charge in [-0.1, -0.05) is 30.3 Å². The molecule has 0 saturated carbocycles. The van der Waals surface area contributed by atoms with Crippen LogP contribution in [0, 0.1) is 11.3 Å². The summed E-state index contributed by atoms with van der Waals surface area (Å²) >= 11 is 0. The van der Waals surface area contributed by atoms with Crippen molar-refractivity contribution in [1.82, 2.24) is 10.2 Å². The Morgan fingerprint density at radius 1 is 1.45 bits per heavy atom. The molecule has 0 radical (unpaired) electrons. The monoisotopic (exact) mass is 301 g/mol. The Morgan fingerprint density at radius 3 is 2.86 bits per heavy atom. The SMILES string of the molecule is CC1CN(C(=O)NC(CCC#N)c2ccccc2)C(C)CO1. The summed E-state index contributed by atoms with van der Waals surface area (Å²) < 4.78 is 5.56. The molecule has 1 aliphatic heterocycles. The molecule has 1 aromatic carbocycles. The van der Waals surface area contributed by atoms with Gasteiger partial charge >= 0.3 is 6.03 Å². The van der Waals surface area contributed by atoms with Gasteiger partial charge in [0.2, 0.25) is 0 Å². The molecule has 1 fully saturated rings. The molecule has 0 aromatic heterocycles. The topological polar surface area (TPSA) is 65.4 Å². The molecule has 118 valence electrons. The van der Waals surface area contributed by atoms with Gasteiger partial charge in [-0.2, -0.15) is 5.26 Å². The first-order valence-electron chi connectivity index (χ1n) is 7.72. The molecule has 1 saturated heterocycles. The van der Waals surface area contributed by atoms with Crippen LogP contribution in [-0.4, -0.2) is 36.2 Å². The number of amides is 2. The van der Waals surface area contributed by atoms with Gasteiger partial charge in [0.15, 0.2) is 0 Å². The van der Waals surface area contributed by atoms with E-state index in [2.05, 4.69) is 11.4 Å². The van der Waals surface area contributed by atoms with Crippen LogP contribution in [-0.2, 0) is 4.74 Å². The number of carbonyl (C=O) groups excluding carboxylic acids is 1. The van der Waals surface area contributed by atoms with Crippen molar-refractivity contribution in [3.8, 4) is 6.07 Å². The first-order valence-corrected chi connectivity index (χ1v) is 7.72. The van der Waals surface area contributed by atoms with Crippen LogP contribution in [0.1, 0.15) is 38.3 Å². The Morgan fingerprint density at radius 2 is 2.18 bits per heavy atom. The van der Waals surface area contributed by atoms with Gasteiger partial charge in [-0.15, -0.1) is 0 Å². The molecule has 5 nitrogen and oxygen atoms in total. The van der Waals surface area contributed by atoms with Crippen LogP contribution in [0.5, 0.6) is 0 Å². The highest BCUT2D eigenvalue weighted by molar-refractivity contribution is 5.75. The zero-order valence-electron chi connectivity index (χ0n) is 13.2. The molecule has 2 amide bonds. The number of nitriles is 1. The maximum absolute atomic E-state index is 12.6. The fourth-order valence-corrected chi connectivity index (χ4v) is 2.63. The largest absolute Gasteiger partial charge is 0.375 e. The van der Waals surface area contributed by atoms with E-state index in [1.165, 1.54) is 0 Å². The lowest BCUT2D eigenvalue weighted by Crippen LogP contribution is -2.54. The minimum absolute atomic E-state index is 0.0521. The first kappa shape index (κ1) is 16.3. The highest BCUT2D eigenvalue weighted by Crippen LogP contribution is 2.20. The van der Waals surface area contributed by atoms with E-state index in [9.17, 15) is 4.79 Å². The number of ether oxygens (including phenoxy) is 1. The van der Waals surface area contributed by atoms with E-state index in [1.54, 1.807) is 0 Å². The van der Waals surface area contributed by atoms with Crippen molar-refractivity contribution in [2.75, 3.05) is 13.2 Å². The molecule has 3 atom stereocenters. The van der Waals surface area contributed by atoms with Gasteiger partial charge in [0.25, 0.3) is 0 Å². The summed E-state index contributed by atoms with van der Waals surface area (Å²) in [7, 11) is 0. The van der Waals surface area contributed by atoms with Crippen molar-refractivity contribution in [3.05, 3.63) is 35.9 Å². The van der Waals surface area contributed by atoms with Gasteiger partial charge < -0.3 is 15.0 Å². The Kier molecular flexibility index (Phi) is 5.79. The molecule has 0 aliphatic carbocycles. The van der Waals surface area contributed by atoms with Crippen molar-refractivity contribution < 1.29 is 9.53 Å². The average Bonchev–Trinajstić information content (AvgIpc) is 2.54. The van der Waals surface area contributed by atoms with Crippen molar-refractivity contribution in [2.24, 2.45) is 0 Å². The average molecular weight is 301 g/mol. The number of hydrogen-bond acceptors (Lipinski definition) is 3. The lowest BCUT2D eigenvalue weighted by atomic mass is 10.0. The second kappa shape index (κ2) is 7.81. The second-order valence-electron chi connectivity index (χ2n) is 5.75. The number of morpholine rings is 1. The third kappa shape index (κ3) is 4.22. The summed E-state index contributed by atoms with van der Waals surface area (Å²) in [5.41, 5.74) is 1.03. The van der Waals surface area contributed by atoms with E-state index in [1.807, 2.05) is 49.1 Å². The van der Waals surface area contributed by atoms with Crippen LogP contribution < -0.4 is 5.32 Å². The van der Waals surface area contributed by atoms with Crippen LogP contribution >= 0.6 is 0 Å². The molecule has 1 aromatic rings. The minimum atomic E-state index is -0.140. The molecule has 5 heteroatoms. The predicted octanol–water partition coefficient (Wildman–Crippen LogP) is 2.85. The second-order valence-corrected chi connectivity index (χ2v) is 5.75. The molecule has 1 aliphatic rings. The molecule has 0 spiro atoms. The van der Waals surface area contributed by atoms with E-state index in [0.717, 1.165) is 5.56 Å². The number of urea groups is 1. The van der Waals surface area contributed by atoms with Crippen LogP contribution in [0.3, 0.4) is 0 Å². The van der Waals surface area contributed by atoms with E-state index < -0.39 is 0 Å². The molecular weight excluding hydrogens is 278 g/mol. The fourth-order valence-electron chi connectivity index (χ4n) is 2.63. The Bertz CT molecular complexity index is 526. The summed E-state index contributed by atoms with van der Waals surface area (Å²) in [6.45, 7) is 5.10. The Hall–Kier alpha value is -2.06. The van der Waals surface area contributed by atoms with Gasteiger partial charge in [-0.25, -0.2) is 4.79 Å². The van der Waals surface area contributed by atoms with Gasteiger partial charge in [-0.05, 0) is 25.8 Å². The number of benzene rings is 1. The Balaban J connectivity index is 2.06. The van der Waals surface area contributed by atoms with Crippen molar-refractivity contribution >= 4 is 6.03 Å². The van der Waals surface area contributed by atoms with Crippen molar-refractivity contribution in [2.45, 2.75) is 44.9 Å². The normalized spacial score (nSPS) is 22.7. The van der Waals surface area contributed by atoms with Crippen LogP contribution in [0.25, 0.3) is 0 Å². The van der Waals surface area contributed by atoms with Crippen molar-refractivity contribution in [3.63, 3.8) is 0 Å². The van der Waals surface area contributed by atoms with Gasteiger partial charge in [-0.3, -0.25) is 0 Å². The molecule has 0 bridgehead atoms. The quantitative estimate of drug-likeness (QED) is 0.930. The lowest BCUT2D eigenvalue weighted by Gasteiger charge is -2.37. The minimum Gasteiger partial charge on any atom is -0.375 e. The summed E-state index contributed by atoms with van der Waals surface area (Å²) in [5, 5.41) is 11.9. The van der Waals surface area contributed by atoms with Gasteiger partial charge in [0.1, 0.15) is 0 Å². The van der Waals surface area contributed by atoms with Crippen LogP contribution in [0.2, 0.25) is 0 Å². The maximum atomic E-state index is 12.6. The number of rotatable bonds is 4. The van der Waals surface area contributed by atoms with Crippen LogP contribution in [0.4, 0.5) is 4.79 Å². The van der Waals surface area contributed by atoms with E-state index in [4.69, 9.17) is 10.00 Å². The summed E-state index contributed by atoms with van der Waals surface area (Å²) in [5.74, 6) is 0. The number of hydrogen-bond donors (Lipinski definition) is 1. The fraction of sp³-hybridized carbons (Fsp3) is 0.529. The first-order chi connectivity index (χ1) is 10.6. The van der Waals surface area contributed by atoms with Crippen molar-refractivity contribution in [1.29, 1.82) is 5.26 Å². The summed E-state index contributed by atoms with van der Waals surface area (Å²) in [6, 6.07) is 11.8. The molecule has 1 N–H and O–H groups in total. The lowest BCUT2D eigenvalue weighted by molar-refractivity contribution is -0.0321. The zero-order chi connectivity index (χ0) is 15.9. The van der Waals surface area contributed by atoms with E-state index in [-0.39, 0.29) is 24.2 Å². The van der Waals surface area contributed by atoms with Crippen LogP contribution in [0.15, 0.2) is 30.3 Å². The molecule has 22 heavy (non-hydrogen) atoms. The number of nitrogens with zero attached hydrogens (tertiary/aromatic N) is 2. The number of carbonyl (C=O) groups is 1. The smallest absolute Gasteiger partial charge is 0.318 e. The van der Waals surface area contributed by atoms with E-state index >= 15 is 0 Å². The standard InChI is InChI=1S/C17H23N3O2/c1-13-12-22-14(2)11-20(13)17(21)19-16(9-6-10-18)15-7-4-3-5-8-15/h3-5,7-8,13-14,16H,6,9,11-12H2,1-2H3,(H,19,21). The van der Waals surface area contributed by atoms with E-state index in [0.29, 0.717) is 26.0 Å². The molecule has 3 unspecified atom stereocenters. The molecule has 2 rings (SSSR count). The highest BCUT2D eigenvalue weighted by atomic mass is 16.5. The van der Waals surface area contributed by atoms with Gasteiger partial charge in [0, 0.05) is 13.0 Å². The predicted molar refractivity (Wildman–Crippen MR) is 84.1 cm³/mol. The number of nitrogens with one attached hydrogen (secondary N) is 1.